The molecule has 4 aromatic rings. The molecule has 0 spiro atoms. The standard InChI is InChI=1S/C30H30F2N4O3/c1-30(2)18-34(24-12-7-19(14-23(24)32)29(37)38-3)26-16-25-20(17-33-36(25)28-6-4-5-13-39-28)15-27(26)35(30)22-10-8-21(31)9-11-22/h7-12,14-17,28H,4-6,13,18H2,1-3H3. The van der Waals surface area contributed by atoms with E-state index in [1.54, 1.807) is 24.3 Å². The maximum absolute atomic E-state index is 15.6. The third-order valence-electron chi connectivity index (χ3n) is 7.55. The third kappa shape index (κ3) is 4.40. The number of fused-ring (bicyclic) bond motifs is 2. The highest BCUT2D eigenvalue weighted by Gasteiger charge is 2.40. The summed E-state index contributed by atoms with van der Waals surface area (Å²) in [5, 5.41) is 5.60. The number of hydrogen-bond donors (Lipinski definition) is 0. The molecule has 1 atom stereocenters. The first-order valence-electron chi connectivity index (χ1n) is 13.1. The lowest BCUT2D eigenvalue weighted by molar-refractivity contribution is -0.0366. The third-order valence-corrected chi connectivity index (χ3v) is 7.55. The zero-order chi connectivity index (χ0) is 27.3. The van der Waals surface area contributed by atoms with E-state index >= 15 is 4.39 Å². The maximum Gasteiger partial charge on any atom is 0.337 e. The van der Waals surface area contributed by atoms with Gasteiger partial charge in [0, 0.05) is 24.2 Å². The second-order valence-electron chi connectivity index (χ2n) is 10.7. The molecule has 0 N–H and O–H groups in total. The second kappa shape index (κ2) is 9.64. The fraction of sp³-hybridized carbons (Fsp3) is 0.333. The number of ether oxygens (including phenoxy) is 2. The molecule has 1 fully saturated rings. The topological polar surface area (TPSA) is 59.8 Å². The Balaban J connectivity index is 1.55. The molecule has 3 heterocycles. The Kier molecular flexibility index (Phi) is 6.26. The molecule has 7 nitrogen and oxygen atoms in total. The van der Waals surface area contributed by atoms with Crippen molar-refractivity contribution < 1.29 is 23.0 Å². The summed E-state index contributed by atoms with van der Waals surface area (Å²) in [5.74, 6) is -1.44. The molecule has 6 rings (SSSR count). The first-order chi connectivity index (χ1) is 18.8. The van der Waals surface area contributed by atoms with E-state index in [-0.39, 0.29) is 17.6 Å². The van der Waals surface area contributed by atoms with Crippen LogP contribution in [-0.2, 0) is 9.47 Å². The van der Waals surface area contributed by atoms with Crippen LogP contribution >= 0.6 is 0 Å². The molecule has 0 bridgehead atoms. The zero-order valence-electron chi connectivity index (χ0n) is 22.2. The van der Waals surface area contributed by atoms with E-state index < -0.39 is 17.3 Å². The summed E-state index contributed by atoms with van der Waals surface area (Å²) in [6.45, 7) is 5.24. The molecule has 1 unspecified atom stereocenters. The number of anilines is 4. The van der Waals surface area contributed by atoms with Crippen LogP contribution in [0, 0.1) is 11.6 Å². The van der Waals surface area contributed by atoms with Gasteiger partial charge in [-0.05, 0) is 87.7 Å². The van der Waals surface area contributed by atoms with E-state index in [1.165, 1.54) is 25.3 Å². The van der Waals surface area contributed by atoms with Gasteiger partial charge >= 0.3 is 5.97 Å². The molecule has 202 valence electrons. The Morgan fingerprint density at radius 1 is 1.03 bits per heavy atom. The fourth-order valence-corrected chi connectivity index (χ4v) is 5.74. The monoisotopic (exact) mass is 532 g/mol. The summed E-state index contributed by atoms with van der Waals surface area (Å²) in [6, 6.07) is 14.9. The predicted octanol–water partition coefficient (Wildman–Crippen LogP) is 6.87. The molecular weight excluding hydrogens is 502 g/mol. The van der Waals surface area contributed by atoms with Gasteiger partial charge in [-0.1, -0.05) is 0 Å². The Hall–Kier alpha value is -3.98. The lowest BCUT2D eigenvalue weighted by Gasteiger charge is -2.50. The summed E-state index contributed by atoms with van der Waals surface area (Å²) >= 11 is 0. The smallest absolute Gasteiger partial charge is 0.337 e. The van der Waals surface area contributed by atoms with Gasteiger partial charge in [0.15, 0.2) is 6.23 Å². The van der Waals surface area contributed by atoms with E-state index in [0.717, 1.165) is 47.2 Å². The number of carbonyl (C=O) groups excluding carboxylic acids is 1. The minimum Gasteiger partial charge on any atom is -0.465 e. The minimum absolute atomic E-state index is 0.145. The van der Waals surface area contributed by atoms with Crippen molar-refractivity contribution in [2.75, 3.05) is 30.1 Å². The minimum atomic E-state index is -0.597. The Bertz CT molecular complexity index is 1540. The average Bonchev–Trinajstić information content (AvgIpc) is 3.35. The van der Waals surface area contributed by atoms with Crippen LogP contribution in [-0.4, -0.2) is 41.6 Å². The van der Waals surface area contributed by atoms with Crippen molar-refractivity contribution >= 4 is 39.6 Å². The number of methoxy groups -OCH3 is 1. The highest BCUT2D eigenvalue weighted by molar-refractivity contribution is 5.96. The number of esters is 1. The molecule has 9 heteroatoms. The Morgan fingerprint density at radius 2 is 1.82 bits per heavy atom. The quantitative estimate of drug-likeness (QED) is 0.268. The largest absolute Gasteiger partial charge is 0.465 e. The Morgan fingerprint density at radius 3 is 2.51 bits per heavy atom. The molecule has 39 heavy (non-hydrogen) atoms. The number of carbonyl (C=O) groups is 1. The predicted molar refractivity (Wildman–Crippen MR) is 146 cm³/mol. The van der Waals surface area contributed by atoms with Crippen molar-refractivity contribution in [3.63, 3.8) is 0 Å². The molecule has 1 saturated heterocycles. The number of benzene rings is 3. The summed E-state index contributed by atoms with van der Waals surface area (Å²) in [6.07, 6.45) is 4.63. The van der Waals surface area contributed by atoms with Gasteiger partial charge in [-0.15, -0.1) is 0 Å². The van der Waals surface area contributed by atoms with E-state index in [4.69, 9.17) is 9.47 Å². The van der Waals surface area contributed by atoms with Crippen molar-refractivity contribution in [2.24, 2.45) is 0 Å². The van der Waals surface area contributed by atoms with Crippen molar-refractivity contribution in [3.8, 4) is 0 Å². The molecule has 0 radical (unpaired) electrons. The van der Waals surface area contributed by atoms with E-state index in [1.807, 2.05) is 21.8 Å². The zero-order valence-corrected chi connectivity index (χ0v) is 22.2. The van der Waals surface area contributed by atoms with Gasteiger partial charge < -0.3 is 19.3 Å². The number of hydrogen-bond acceptors (Lipinski definition) is 6. The van der Waals surface area contributed by atoms with Gasteiger partial charge in [0.2, 0.25) is 0 Å². The van der Waals surface area contributed by atoms with Crippen LogP contribution in [0.4, 0.5) is 31.5 Å². The van der Waals surface area contributed by atoms with E-state index in [9.17, 15) is 9.18 Å². The molecule has 0 aliphatic carbocycles. The lowest BCUT2D eigenvalue weighted by atomic mass is 9.93. The summed E-state index contributed by atoms with van der Waals surface area (Å²) in [4.78, 5) is 16.1. The second-order valence-corrected chi connectivity index (χ2v) is 10.7. The van der Waals surface area contributed by atoms with Crippen LogP contribution in [0.25, 0.3) is 10.9 Å². The van der Waals surface area contributed by atoms with Crippen molar-refractivity contribution in [3.05, 3.63) is 78.0 Å². The highest BCUT2D eigenvalue weighted by atomic mass is 19.1. The fourth-order valence-electron chi connectivity index (χ4n) is 5.74. The molecule has 1 aromatic heterocycles. The van der Waals surface area contributed by atoms with Crippen LogP contribution in [0.1, 0.15) is 49.7 Å². The molecule has 0 saturated carbocycles. The number of rotatable bonds is 4. The SMILES string of the molecule is COC(=O)c1ccc(N2CC(C)(C)N(c3ccc(F)cc3)c3cc4cnn(C5CCCCO5)c4cc32)c(F)c1. The van der Waals surface area contributed by atoms with Crippen molar-refractivity contribution in [2.45, 2.75) is 44.9 Å². The first-order valence-corrected chi connectivity index (χ1v) is 13.1. The van der Waals surface area contributed by atoms with Crippen LogP contribution in [0.15, 0.2) is 60.8 Å². The maximum atomic E-state index is 15.6. The summed E-state index contributed by atoms with van der Waals surface area (Å²) < 4.78 is 42.2. The van der Waals surface area contributed by atoms with Crippen LogP contribution < -0.4 is 9.80 Å². The molecule has 0 amide bonds. The molecule has 2 aliphatic rings. The van der Waals surface area contributed by atoms with E-state index in [2.05, 4.69) is 29.9 Å². The van der Waals surface area contributed by atoms with Gasteiger partial charge in [0.25, 0.3) is 0 Å². The average molecular weight is 533 g/mol. The van der Waals surface area contributed by atoms with Crippen molar-refractivity contribution in [1.29, 1.82) is 0 Å². The Labute approximate surface area is 225 Å². The van der Waals surface area contributed by atoms with Gasteiger partial charge in [-0.25, -0.2) is 18.3 Å². The molecule has 3 aromatic carbocycles. The van der Waals surface area contributed by atoms with Crippen LogP contribution in [0.3, 0.4) is 0 Å². The van der Waals surface area contributed by atoms with Gasteiger partial charge in [0.05, 0.1) is 47.0 Å². The van der Waals surface area contributed by atoms with Gasteiger partial charge in [0.1, 0.15) is 11.6 Å². The summed E-state index contributed by atoms with van der Waals surface area (Å²) in [5.41, 5.74) is 3.29. The van der Waals surface area contributed by atoms with E-state index in [0.29, 0.717) is 18.8 Å². The number of halogens is 2. The van der Waals surface area contributed by atoms with Crippen LogP contribution in [0.5, 0.6) is 0 Å². The van der Waals surface area contributed by atoms with Crippen LogP contribution in [0.2, 0.25) is 0 Å². The lowest BCUT2D eigenvalue weighted by Crippen LogP contribution is -2.52. The number of nitrogens with zero attached hydrogens (tertiary/aromatic N) is 4. The van der Waals surface area contributed by atoms with Gasteiger partial charge in [-0.3, -0.25) is 0 Å². The first kappa shape index (κ1) is 25.3. The highest BCUT2D eigenvalue weighted by Crippen LogP contribution is 2.49. The molecular formula is C30H30F2N4O3. The number of aromatic nitrogens is 2. The van der Waals surface area contributed by atoms with Crippen molar-refractivity contribution in [1.82, 2.24) is 9.78 Å². The molecule has 2 aliphatic heterocycles. The van der Waals surface area contributed by atoms with Gasteiger partial charge in [-0.2, -0.15) is 5.10 Å². The summed E-state index contributed by atoms with van der Waals surface area (Å²) in [7, 11) is 1.27. The normalized spacial score (nSPS) is 18.7.